The molecule has 106 valence electrons. The maximum atomic E-state index is 3.65. The number of aryl methyl sites for hydroxylation is 1. The average Bonchev–Trinajstić information content (AvgIpc) is 2.62. The summed E-state index contributed by atoms with van der Waals surface area (Å²) in [6.45, 7) is 7.85. The highest BCUT2D eigenvalue weighted by Gasteiger charge is 2.24. The van der Waals surface area contributed by atoms with Gasteiger partial charge in [-0.2, -0.15) is 0 Å². The Hall–Kier alpha value is -0.820. The third-order valence-corrected chi connectivity index (χ3v) is 4.45. The van der Waals surface area contributed by atoms with Crippen molar-refractivity contribution in [2.45, 2.75) is 64.8 Å². The van der Waals surface area contributed by atoms with Gasteiger partial charge in [0.1, 0.15) is 0 Å². The van der Waals surface area contributed by atoms with Crippen LogP contribution in [0.1, 0.15) is 63.0 Å². The molecule has 0 aliphatic heterocycles. The Balaban J connectivity index is 2.09. The molecule has 1 aromatic rings. The molecule has 1 heteroatoms. The van der Waals surface area contributed by atoms with E-state index >= 15 is 0 Å². The number of hydrogen-bond donors (Lipinski definition) is 1. The molecule has 0 radical (unpaired) electrons. The predicted octanol–water partition coefficient (Wildman–Crippen LogP) is 4.66. The Morgan fingerprint density at radius 3 is 2.42 bits per heavy atom. The van der Waals surface area contributed by atoms with Gasteiger partial charge in [-0.3, -0.25) is 0 Å². The van der Waals surface area contributed by atoms with Gasteiger partial charge in [0, 0.05) is 6.04 Å². The fourth-order valence-corrected chi connectivity index (χ4v) is 3.27. The molecule has 1 aromatic carbocycles. The number of hydrogen-bond acceptors (Lipinski definition) is 1. The molecule has 1 fully saturated rings. The summed E-state index contributed by atoms with van der Waals surface area (Å²) in [5.74, 6) is 1.57. The second kappa shape index (κ2) is 7.09. The van der Waals surface area contributed by atoms with Gasteiger partial charge < -0.3 is 5.32 Å². The van der Waals surface area contributed by atoms with Crippen molar-refractivity contribution in [1.29, 1.82) is 0 Å². The SMILES string of the molecule is Cc1ccc(C2CCCCCC2CNC(C)C)cc1. The van der Waals surface area contributed by atoms with Gasteiger partial charge in [-0.15, -0.1) is 0 Å². The number of rotatable bonds is 4. The summed E-state index contributed by atoms with van der Waals surface area (Å²) in [6.07, 6.45) is 6.98. The maximum absolute atomic E-state index is 3.65. The van der Waals surface area contributed by atoms with Crippen molar-refractivity contribution in [2.75, 3.05) is 6.54 Å². The highest BCUT2D eigenvalue weighted by atomic mass is 14.9. The zero-order valence-corrected chi connectivity index (χ0v) is 12.8. The molecular weight excluding hydrogens is 230 g/mol. The molecule has 2 unspecified atom stereocenters. The van der Waals surface area contributed by atoms with E-state index in [2.05, 4.69) is 50.4 Å². The van der Waals surface area contributed by atoms with Gasteiger partial charge in [0.15, 0.2) is 0 Å². The van der Waals surface area contributed by atoms with Gasteiger partial charge in [0.25, 0.3) is 0 Å². The standard InChI is InChI=1S/C18H29N/c1-14(2)19-13-17-7-5-4-6-8-18(17)16-11-9-15(3)10-12-16/h9-12,14,17-19H,4-8,13H2,1-3H3. The normalized spacial score (nSPS) is 24.4. The van der Waals surface area contributed by atoms with E-state index in [1.807, 2.05) is 0 Å². The Kier molecular flexibility index (Phi) is 5.45. The molecule has 0 heterocycles. The first kappa shape index (κ1) is 14.6. The molecule has 0 amide bonds. The van der Waals surface area contributed by atoms with Crippen LogP contribution >= 0.6 is 0 Å². The van der Waals surface area contributed by atoms with Crippen LogP contribution in [0.15, 0.2) is 24.3 Å². The first-order valence-corrected chi connectivity index (χ1v) is 7.97. The van der Waals surface area contributed by atoms with Crippen LogP contribution < -0.4 is 5.32 Å². The summed E-state index contributed by atoms with van der Waals surface area (Å²) in [4.78, 5) is 0. The molecular formula is C18H29N. The fourth-order valence-electron chi connectivity index (χ4n) is 3.27. The third kappa shape index (κ3) is 4.35. The Bertz CT molecular complexity index is 366. The Morgan fingerprint density at radius 1 is 1.05 bits per heavy atom. The van der Waals surface area contributed by atoms with E-state index in [0.717, 1.165) is 11.8 Å². The van der Waals surface area contributed by atoms with E-state index < -0.39 is 0 Å². The molecule has 1 aliphatic rings. The molecule has 1 N–H and O–H groups in total. The molecule has 0 saturated heterocycles. The molecule has 0 aromatic heterocycles. The zero-order chi connectivity index (χ0) is 13.7. The van der Waals surface area contributed by atoms with Crippen molar-refractivity contribution in [3.05, 3.63) is 35.4 Å². The zero-order valence-electron chi connectivity index (χ0n) is 12.8. The van der Waals surface area contributed by atoms with Crippen LogP contribution in [0.25, 0.3) is 0 Å². The second-order valence-electron chi connectivity index (χ2n) is 6.48. The van der Waals surface area contributed by atoms with Crippen LogP contribution in [0, 0.1) is 12.8 Å². The van der Waals surface area contributed by atoms with Crippen molar-refractivity contribution >= 4 is 0 Å². The van der Waals surface area contributed by atoms with Gasteiger partial charge in [-0.25, -0.2) is 0 Å². The van der Waals surface area contributed by atoms with Crippen molar-refractivity contribution in [1.82, 2.24) is 5.32 Å². The minimum atomic E-state index is 0.599. The molecule has 0 spiro atoms. The Morgan fingerprint density at radius 2 is 1.74 bits per heavy atom. The van der Waals surface area contributed by atoms with E-state index in [0.29, 0.717) is 6.04 Å². The first-order chi connectivity index (χ1) is 9.16. The highest BCUT2D eigenvalue weighted by Crippen LogP contribution is 2.36. The third-order valence-electron chi connectivity index (χ3n) is 4.45. The first-order valence-electron chi connectivity index (χ1n) is 7.97. The average molecular weight is 259 g/mol. The van der Waals surface area contributed by atoms with E-state index in [9.17, 15) is 0 Å². The van der Waals surface area contributed by atoms with Crippen molar-refractivity contribution in [3.63, 3.8) is 0 Å². The minimum Gasteiger partial charge on any atom is -0.314 e. The lowest BCUT2D eigenvalue weighted by atomic mass is 9.82. The lowest BCUT2D eigenvalue weighted by Gasteiger charge is -2.27. The summed E-state index contributed by atoms with van der Waals surface area (Å²) in [7, 11) is 0. The van der Waals surface area contributed by atoms with E-state index in [-0.39, 0.29) is 0 Å². The van der Waals surface area contributed by atoms with Crippen LogP contribution in [-0.2, 0) is 0 Å². The molecule has 2 atom stereocenters. The van der Waals surface area contributed by atoms with Gasteiger partial charge in [-0.05, 0) is 43.7 Å². The van der Waals surface area contributed by atoms with Crippen LogP contribution in [0.5, 0.6) is 0 Å². The maximum Gasteiger partial charge on any atom is 0.00104 e. The van der Waals surface area contributed by atoms with Crippen LogP contribution in [0.3, 0.4) is 0 Å². The monoisotopic (exact) mass is 259 g/mol. The van der Waals surface area contributed by atoms with E-state index in [1.54, 1.807) is 5.56 Å². The smallest absolute Gasteiger partial charge is 0.00104 e. The van der Waals surface area contributed by atoms with Gasteiger partial charge in [-0.1, -0.05) is 62.9 Å². The van der Waals surface area contributed by atoms with Crippen molar-refractivity contribution < 1.29 is 0 Å². The molecule has 0 bridgehead atoms. The lowest BCUT2D eigenvalue weighted by molar-refractivity contribution is 0.363. The minimum absolute atomic E-state index is 0.599. The summed E-state index contributed by atoms with van der Waals surface area (Å²) < 4.78 is 0. The molecule has 1 saturated carbocycles. The van der Waals surface area contributed by atoms with Crippen molar-refractivity contribution in [2.24, 2.45) is 5.92 Å². The summed E-state index contributed by atoms with van der Waals surface area (Å²) in [6, 6.07) is 9.85. The van der Waals surface area contributed by atoms with Gasteiger partial charge in [0.05, 0.1) is 0 Å². The quantitative estimate of drug-likeness (QED) is 0.776. The van der Waals surface area contributed by atoms with E-state index in [1.165, 1.54) is 44.2 Å². The molecule has 2 rings (SSSR count). The van der Waals surface area contributed by atoms with Gasteiger partial charge in [0.2, 0.25) is 0 Å². The number of nitrogens with one attached hydrogen (secondary N) is 1. The van der Waals surface area contributed by atoms with E-state index in [4.69, 9.17) is 0 Å². The summed E-state index contributed by atoms with van der Waals surface area (Å²) in [5, 5.41) is 3.65. The van der Waals surface area contributed by atoms with Crippen LogP contribution in [-0.4, -0.2) is 12.6 Å². The molecule has 1 aliphatic carbocycles. The largest absolute Gasteiger partial charge is 0.314 e. The highest BCUT2D eigenvalue weighted by molar-refractivity contribution is 5.25. The van der Waals surface area contributed by atoms with Crippen LogP contribution in [0.2, 0.25) is 0 Å². The molecule has 1 nitrogen and oxygen atoms in total. The number of benzene rings is 1. The summed E-state index contributed by atoms with van der Waals surface area (Å²) >= 11 is 0. The summed E-state index contributed by atoms with van der Waals surface area (Å²) in [5.41, 5.74) is 2.93. The van der Waals surface area contributed by atoms with Crippen molar-refractivity contribution in [3.8, 4) is 0 Å². The topological polar surface area (TPSA) is 12.0 Å². The fraction of sp³-hybridized carbons (Fsp3) is 0.667. The lowest BCUT2D eigenvalue weighted by Crippen LogP contribution is -2.31. The molecule has 19 heavy (non-hydrogen) atoms. The predicted molar refractivity (Wildman–Crippen MR) is 83.6 cm³/mol. The van der Waals surface area contributed by atoms with Gasteiger partial charge >= 0.3 is 0 Å². The van der Waals surface area contributed by atoms with Crippen LogP contribution in [0.4, 0.5) is 0 Å². The second-order valence-corrected chi connectivity index (χ2v) is 6.48. The Labute approximate surface area is 118 Å².